The van der Waals surface area contributed by atoms with E-state index in [9.17, 15) is 0 Å². The Morgan fingerprint density at radius 1 is 1.53 bits per heavy atom. The molecule has 1 aromatic heterocycles. The van der Waals surface area contributed by atoms with Crippen LogP contribution in [0.5, 0.6) is 0 Å². The summed E-state index contributed by atoms with van der Waals surface area (Å²) in [6.07, 6.45) is 6.87. The summed E-state index contributed by atoms with van der Waals surface area (Å²) in [6.45, 7) is 5.56. The van der Waals surface area contributed by atoms with Gasteiger partial charge in [-0.3, -0.25) is 4.68 Å². The molecule has 3 heteroatoms. The first-order chi connectivity index (χ1) is 7.16. The van der Waals surface area contributed by atoms with E-state index in [0.29, 0.717) is 6.04 Å². The van der Waals surface area contributed by atoms with Gasteiger partial charge in [0, 0.05) is 19.3 Å². The van der Waals surface area contributed by atoms with Crippen LogP contribution in [0.4, 0.5) is 0 Å². The molecule has 3 nitrogen and oxygen atoms in total. The van der Waals surface area contributed by atoms with Gasteiger partial charge in [-0.15, -0.1) is 0 Å². The average Bonchev–Trinajstić information content (AvgIpc) is 2.49. The van der Waals surface area contributed by atoms with Crippen molar-refractivity contribution >= 4 is 0 Å². The van der Waals surface area contributed by atoms with Gasteiger partial charge in [0.15, 0.2) is 0 Å². The molecule has 1 saturated carbocycles. The Kier molecular flexibility index (Phi) is 3.10. The third-order valence-electron chi connectivity index (χ3n) is 3.36. The Bertz CT molecular complexity index is 316. The van der Waals surface area contributed by atoms with Crippen LogP contribution in [0.15, 0.2) is 12.4 Å². The fourth-order valence-electron chi connectivity index (χ4n) is 2.27. The summed E-state index contributed by atoms with van der Waals surface area (Å²) in [6, 6.07) is 0.597. The molecule has 15 heavy (non-hydrogen) atoms. The van der Waals surface area contributed by atoms with Crippen LogP contribution in [0.1, 0.15) is 38.2 Å². The van der Waals surface area contributed by atoms with Crippen LogP contribution in [0, 0.1) is 5.92 Å². The Hall–Kier alpha value is -0.830. The summed E-state index contributed by atoms with van der Waals surface area (Å²) in [4.78, 5) is 0. The predicted molar refractivity (Wildman–Crippen MR) is 61.8 cm³/mol. The topological polar surface area (TPSA) is 29.9 Å². The number of nitrogens with one attached hydrogen (secondary N) is 1. The van der Waals surface area contributed by atoms with Gasteiger partial charge in [-0.1, -0.05) is 13.8 Å². The van der Waals surface area contributed by atoms with Crippen molar-refractivity contribution in [3.8, 4) is 0 Å². The lowest BCUT2D eigenvalue weighted by Gasteiger charge is -2.36. The molecule has 0 aromatic carbocycles. The lowest BCUT2D eigenvalue weighted by atomic mass is 9.70. The molecule has 1 N–H and O–H groups in total. The molecule has 0 bridgehead atoms. The summed E-state index contributed by atoms with van der Waals surface area (Å²) in [7, 11) is 1.99. The van der Waals surface area contributed by atoms with Gasteiger partial charge in [0.25, 0.3) is 0 Å². The van der Waals surface area contributed by atoms with Crippen molar-refractivity contribution in [3.63, 3.8) is 0 Å². The van der Waals surface area contributed by atoms with Crippen LogP contribution < -0.4 is 5.32 Å². The van der Waals surface area contributed by atoms with Crippen molar-refractivity contribution in [2.75, 3.05) is 6.54 Å². The van der Waals surface area contributed by atoms with Gasteiger partial charge in [0.05, 0.1) is 6.20 Å². The SMILES string of the molecule is CC(C)NCC1CCC1c1cnn(C)c1. The first-order valence-corrected chi connectivity index (χ1v) is 5.88. The van der Waals surface area contributed by atoms with Crippen LogP contribution in [0.3, 0.4) is 0 Å². The largest absolute Gasteiger partial charge is 0.314 e. The third-order valence-corrected chi connectivity index (χ3v) is 3.36. The van der Waals surface area contributed by atoms with Crippen molar-refractivity contribution in [1.82, 2.24) is 15.1 Å². The Balaban J connectivity index is 1.89. The predicted octanol–water partition coefficient (Wildman–Crippen LogP) is 1.91. The molecular weight excluding hydrogens is 186 g/mol. The molecule has 1 fully saturated rings. The first kappa shape index (κ1) is 10.7. The molecule has 0 amide bonds. The monoisotopic (exact) mass is 207 g/mol. The normalized spacial score (nSPS) is 25.6. The number of aromatic nitrogens is 2. The molecule has 1 heterocycles. The van der Waals surface area contributed by atoms with Crippen LogP contribution >= 0.6 is 0 Å². The summed E-state index contributed by atoms with van der Waals surface area (Å²) >= 11 is 0. The molecule has 2 unspecified atom stereocenters. The zero-order valence-electron chi connectivity index (χ0n) is 9.90. The van der Waals surface area contributed by atoms with E-state index in [1.807, 2.05) is 17.9 Å². The Morgan fingerprint density at radius 2 is 2.33 bits per heavy atom. The molecule has 0 saturated heterocycles. The number of nitrogens with zero attached hydrogens (tertiary/aromatic N) is 2. The van der Waals surface area contributed by atoms with Crippen LogP contribution in [-0.2, 0) is 7.05 Å². The molecule has 0 aliphatic heterocycles. The zero-order chi connectivity index (χ0) is 10.8. The number of hydrogen-bond donors (Lipinski definition) is 1. The van der Waals surface area contributed by atoms with Crippen molar-refractivity contribution < 1.29 is 0 Å². The molecule has 0 spiro atoms. The lowest BCUT2D eigenvalue weighted by molar-refractivity contribution is 0.240. The van der Waals surface area contributed by atoms with E-state index in [1.165, 1.54) is 18.4 Å². The summed E-state index contributed by atoms with van der Waals surface area (Å²) in [5.74, 6) is 1.56. The van der Waals surface area contributed by atoms with Crippen molar-refractivity contribution in [1.29, 1.82) is 0 Å². The van der Waals surface area contributed by atoms with E-state index < -0.39 is 0 Å². The number of rotatable bonds is 4. The third kappa shape index (κ3) is 2.40. The van der Waals surface area contributed by atoms with Gasteiger partial charge >= 0.3 is 0 Å². The van der Waals surface area contributed by atoms with Crippen molar-refractivity contribution in [2.24, 2.45) is 13.0 Å². The summed E-state index contributed by atoms with van der Waals surface area (Å²) in [5, 5.41) is 7.77. The highest BCUT2D eigenvalue weighted by Crippen LogP contribution is 2.41. The molecule has 84 valence electrons. The van der Waals surface area contributed by atoms with Crippen LogP contribution in [0.25, 0.3) is 0 Å². The minimum absolute atomic E-state index is 0.597. The van der Waals surface area contributed by atoms with E-state index in [0.717, 1.165) is 18.4 Å². The summed E-state index contributed by atoms with van der Waals surface area (Å²) in [5.41, 5.74) is 1.42. The molecule has 1 aliphatic carbocycles. The first-order valence-electron chi connectivity index (χ1n) is 5.88. The lowest BCUT2D eigenvalue weighted by Crippen LogP contribution is -2.36. The second-order valence-electron chi connectivity index (χ2n) is 4.95. The van der Waals surface area contributed by atoms with E-state index >= 15 is 0 Å². The smallest absolute Gasteiger partial charge is 0.0524 e. The Morgan fingerprint density at radius 3 is 2.80 bits per heavy atom. The van der Waals surface area contributed by atoms with E-state index in [-0.39, 0.29) is 0 Å². The quantitative estimate of drug-likeness (QED) is 0.817. The minimum atomic E-state index is 0.597. The highest BCUT2D eigenvalue weighted by molar-refractivity contribution is 5.16. The molecule has 2 rings (SSSR count). The Labute approximate surface area is 91.9 Å². The van der Waals surface area contributed by atoms with Crippen molar-refractivity contribution in [3.05, 3.63) is 18.0 Å². The molecule has 0 radical (unpaired) electrons. The highest BCUT2D eigenvalue weighted by atomic mass is 15.2. The van der Waals surface area contributed by atoms with E-state index in [1.54, 1.807) is 0 Å². The zero-order valence-corrected chi connectivity index (χ0v) is 9.90. The summed E-state index contributed by atoms with van der Waals surface area (Å²) < 4.78 is 1.90. The van der Waals surface area contributed by atoms with E-state index in [2.05, 4.69) is 30.5 Å². The van der Waals surface area contributed by atoms with Gasteiger partial charge in [0.1, 0.15) is 0 Å². The standard InChI is InChI=1S/C12H21N3/c1-9(2)13-6-10-4-5-12(10)11-7-14-15(3)8-11/h7-10,12-13H,4-6H2,1-3H3. The van der Waals surface area contributed by atoms with Gasteiger partial charge in [-0.25, -0.2) is 0 Å². The molecule has 1 aromatic rings. The van der Waals surface area contributed by atoms with Crippen LogP contribution in [0.2, 0.25) is 0 Å². The van der Waals surface area contributed by atoms with Gasteiger partial charge in [-0.05, 0) is 36.8 Å². The average molecular weight is 207 g/mol. The maximum Gasteiger partial charge on any atom is 0.0524 e. The van der Waals surface area contributed by atoms with Crippen LogP contribution in [-0.4, -0.2) is 22.4 Å². The van der Waals surface area contributed by atoms with Gasteiger partial charge < -0.3 is 5.32 Å². The minimum Gasteiger partial charge on any atom is -0.314 e. The fraction of sp³-hybridized carbons (Fsp3) is 0.750. The molecule has 1 aliphatic rings. The maximum absolute atomic E-state index is 4.25. The van der Waals surface area contributed by atoms with E-state index in [4.69, 9.17) is 0 Å². The van der Waals surface area contributed by atoms with Gasteiger partial charge in [-0.2, -0.15) is 5.10 Å². The van der Waals surface area contributed by atoms with Gasteiger partial charge in [0.2, 0.25) is 0 Å². The molecule has 2 atom stereocenters. The second-order valence-corrected chi connectivity index (χ2v) is 4.95. The highest BCUT2D eigenvalue weighted by Gasteiger charge is 2.32. The number of aryl methyl sites for hydroxylation is 1. The number of hydrogen-bond acceptors (Lipinski definition) is 2. The maximum atomic E-state index is 4.25. The van der Waals surface area contributed by atoms with Crippen molar-refractivity contribution in [2.45, 2.75) is 38.6 Å². The second kappa shape index (κ2) is 4.35. The fourth-order valence-corrected chi connectivity index (χ4v) is 2.27. The molecular formula is C12H21N3.